The molecule has 0 saturated heterocycles. The lowest BCUT2D eigenvalue weighted by Crippen LogP contribution is -2.05. The monoisotopic (exact) mass is 217 g/mol. The molecule has 2 rings (SSSR count). The standard InChI is InChI=1S/C7H5ClN2S2/c8-6-2-1-5(12-6)4-3-11-7(9)10-4/h1-3H,(H2,9,10)/p+1. The molecule has 0 aliphatic rings. The Hall–Kier alpha value is -0.580. The zero-order valence-electron chi connectivity index (χ0n) is 6.00. The first-order valence-electron chi connectivity index (χ1n) is 3.28. The van der Waals surface area contributed by atoms with E-state index in [1.165, 1.54) is 22.7 Å². The Bertz CT molecular complexity index is 355. The largest absolute Gasteiger partial charge is 0.329 e. The smallest absolute Gasteiger partial charge is 0.278 e. The van der Waals surface area contributed by atoms with E-state index >= 15 is 0 Å². The van der Waals surface area contributed by atoms with Gasteiger partial charge in [0.05, 0.1) is 9.21 Å². The molecule has 0 atom stereocenters. The van der Waals surface area contributed by atoms with Crippen LogP contribution in [0.25, 0.3) is 10.6 Å². The van der Waals surface area contributed by atoms with E-state index in [0.717, 1.165) is 20.0 Å². The van der Waals surface area contributed by atoms with Gasteiger partial charge in [0.1, 0.15) is 0 Å². The molecule has 0 radical (unpaired) electrons. The highest BCUT2D eigenvalue weighted by atomic mass is 35.5. The predicted molar refractivity (Wildman–Crippen MR) is 53.6 cm³/mol. The molecule has 0 bridgehead atoms. The van der Waals surface area contributed by atoms with Gasteiger partial charge < -0.3 is 0 Å². The zero-order valence-corrected chi connectivity index (χ0v) is 8.39. The molecule has 0 aromatic carbocycles. The summed E-state index contributed by atoms with van der Waals surface area (Å²) in [4.78, 5) is 4.17. The van der Waals surface area contributed by atoms with Gasteiger partial charge in [-0.2, -0.15) is 0 Å². The second-order valence-electron chi connectivity index (χ2n) is 2.24. The number of anilines is 1. The van der Waals surface area contributed by atoms with E-state index in [1.54, 1.807) is 0 Å². The fourth-order valence-corrected chi connectivity index (χ4v) is 2.58. The molecular formula is C7H6ClN2S2+. The lowest BCUT2D eigenvalue weighted by molar-refractivity contribution is -0.340. The van der Waals surface area contributed by atoms with E-state index in [9.17, 15) is 0 Å². The Balaban J connectivity index is 2.43. The summed E-state index contributed by atoms with van der Waals surface area (Å²) in [5.41, 5.74) is 6.59. The topological polar surface area (TPSA) is 40.2 Å². The molecule has 0 fully saturated rings. The summed E-state index contributed by atoms with van der Waals surface area (Å²) < 4.78 is 0.795. The van der Waals surface area contributed by atoms with Gasteiger partial charge in [0, 0.05) is 5.38 Å². The Kier molecular flexibility index (Phi) is 2.04. The number of aromatic amines is 1. The van der Waals surface area contributed by atoms with Crippen LogP contribution in [0.4, 0.5) is 5.13 Å². The number of thiazole rings is 1. The number of nitrogen functional groups attached to an aromatic ring is 1. The summed E-state index contributed by atoms with van der Waals surface area (Å²) in [6.07, 6.45) is 0. The van der Waals surface area contributed by atoms with Gasteiger partial charge in [-0.15, -0.1) is 11.3 Å². The predicted octanol–water partition coefficient (Wildman–Crippen LogP) is 2.53. The molecule has 2 aromatic rings. The number of aromatic nitrogens is 1. The molecule has 12 heavy (non-hydrogen) atoms. The van der Waals surface area contributed by atoms with Crippen molar-refractivity contribution in [1.29, 1.82) is 0 Å². The van der Waals surface area contributed by atoms with Gasteiger partial charge in [-0.05, 0) is 12.1 Å². The van der Waals surface area contributed by atoms with Gasteiger partial charge >= 0.3 is 5.13 Å². The van der Waals surface area contributed by atoms with E-state index in [1.807, 2.05) is 17.5 Å². The Morgan fingerprint density at radius 2 is 2.25 bits per heavy atom. The van der Waals surface area contributed by atoms with Gasteiger partial charge in [-0.3, -0.25) is 5.73 Å². The van der Waals surface area contributed by atoms with Crippen molar-refractivity contribution in [2.24, 2.45) is 0 Å². The van der Waals surface area contributed by atoms with Gasteiger partial charge in [0.25, 0.3) is 0 Å². The minimum absolute atomic E-state index is 0.717. The molecule has 5 heteroatoms. The van der Waals surface area contributed by atoms with Crippen LogP contribution in [0.5, 0.6) is 0 Å². The Morgan fingerprint density at radius 1 is 1.42 bits per heavy atom. The second-order valence-corrected chi connectivity index (χ2v) is 4.87. The molecule has 2 nitrogen and oxygen atoms in total. The van der Waals surface area contributed by atoms with Crippen LogP contribution < -0.4 is 10.7 Å². The van der Waals surface area contributed by atoms with Crippen molar-refractivity contribution in [2.45, 2.75) is 0 Å². The second kappa shape index (κ2) is 3.05. The summed E-state index contributed by atoms with van der Waals surface area (Å²) in [7, 11) is 0. The zero-order chi connectivity index (χ0) is 8.55. The third-order valence-electron chi connectivity index (χ3n) is 1.40. The SMILES string of the molecule is Nc1[nH+]c(-c2ccc(Cl)s2)cs1. The molecule has 0 aliphatic heterocycles. The minimum Gasteiger partial charge on any atom is -0.278 e. The number of nitrogens with one attached hydrogen (secondary N) is 1. The molecule has 0 aliphatic carbocycles. The van der Waals surface area contributed by atoms with Gasteiger partial charge in [-0.1, -0.05) is 22.9 Å². The Labute approximate surface area is 82.6 Å². The van der Waals surface area contributed by atoms with Crippen molar-refractivity contribution in [2.75, 3.05) is 5.73 Å². The van der Waals surface area contributed by atoms with E-state index < -0.39 is 0 Å². The first kappa shape index (κ1) is 8.04. The summed E-state index contributed by atoms with van der Waals surface area (Å²) in [5, 5.41) is 2.70. The molecule has 0 saturated carbocycles. The third-order valence-corrected chi connectivity index (χ3v) is 3.37. The first-order chi connectivity index (χ1) is 5.75. The van der Waals surface area contributed by atoms with E-state index in [0.29, 0.717) is 0 Å². The fourth-order valence-electron chi connectivity index (χ4n) is 0.893. The van der Waals surface area contributed by atoms with Crippen molar-refractivity contribution in [1.82, 2.24) is 0 Å². The molecule has 0 unspecified atom stereocenters. The van der Waals surface area contributed by atoms with Crippen LogP contribution in [-0.4, -0.2) is 0 Å². The van der Waals surface area contributed by atoms with Crippen LogP contribution in [-0.2, 0) is 0 Å². The molecule has 2 aromatic heterocycles. The van der Waals surface area contributed by atoms with Crippen molar-refractivity contribution < 1.29 is 4.98 Å². The van der Waals surface area contributed by atoms with Crippen molar-refractivity contribution in [3.63, 3.8) is 0 Å². The number of rotatable bonds is 1. The van der Waals surface area contributed by atoms with Crippen molar-refractivity contribution in [3.8, 4) is 10.6 Å². The van der Waals surface area contributed by atoms with E-state index in [-0.39, 0.29) is 0 Å². The van der Waals surface area contributed by atoms with Crippen LogP contribution in [0, 0.1) is 0 Å². The fraction of sp³-hybridized carbons (Fsp3) is 0. The van der Waals surface area contributed by atoms with E-state index in [4.69, 9.17) is 17.3 Å². The van der Waals surface area contributed by atoms with Crippen LogP contribution in [0.1, 0.15) is 0 Å². The molecule has 3 N–H and O–H groups in total. The van der Waals surface area contributed by atoms with Crippen LogP contribution in [0.3, 0.4) is 0 Å². The quantitative estimate of drug-likeness (QED) is 0.784. The van der Waals surface area contributed by atoms with Crippen LogP contribution >= 0.6 is 34.3 Å². The van der Waals surface area contributed by atoms with Gasteiger partial charge in [0.15, 0.2) is 5.69 Å². The highest BCUT2D eigenvalue weighted by Gasteiger charge is 2.07. The molecule has 2 heterocycles. The van der Waals surface area contributed by atoms with Gasteiger partial charge in [-0.25, -0.2) is 4.98 Å². The van der Waals surface area contributed by atoms with Crippen molar-refractivity contribution in [3.05, 3.63) is 21.8 Å². The maximum Gasteiger partial charge on any atom is 0.329 e. The number of H-pyrrole nitrogens is 1. The Morgan fingerprint density at radius 3 is 2.75 bits per heavy atom. The summed E-state index contributed by atoms with van der Waals surface area (Å²) in [5.74, 6) is 0. The number of hydrogen-bond acceptors (Lipinski definition) is 3. The average molecular weight is 218 g/mol. The maximum absolute atomic E-state index is 5.79. The molecule has 0 spiro atoms. The lowest BCUT2D eigenvalue weighted by atomic mass is 10.4. The molecule has 0 amide bonds. The highest BCUT2D eigenvalue weighted by Crippen LogP contribution is 2.29. The van der Waals surface area contributed by atoms with Crippen LogP contribution in [0.15, 0.2) is 17.5 Å². The van der Waals surface area contributed by atoms with E-state index in [2.05, 4.69) is 4.98 Å². The van der Waals surface area contributed by atoms with Crippen LogP contribution in [0.2, 0.25) is 4.34 Å². The minimum atomic E-state index is 0.717. The lowest BCUT2D eigenvalue weighted by Gasteiger charge is -1.82. The normalized spacial score (nSPS) is 10.4. The molecular weight excluding hydrogens is 212 g/mol. The average Bonchev–Trinajstić information content (AvgIpc) is 2.58. The third kappa shape index (κ3) is 1.46. The summed E-state index contributed by atoms with van der Waals surface area (Å²) >= 11 is 8.83. The highest BCUT2D eigenvalue weighted by molar-refractivity contribution is 7.19. The number of hydrogen-bond donors (Lipinski definition) is 1. The number of halogens is 1. The first-order valence-corrected chi connectivity index (χ1v) is 5.35. The molecule has 62 valence electrons. The summed E-state index contributed by atoms with van der Waals surface area (Å²) in [6, 6.07) is 3.86. The maximum atomic E-state index is 5.79. The number of nitrogens with two attached hydrogens (primary N) is 1. The summed E-state index contributed by atoms with van der Waals surface area (Å²) in [6.45, 7) is 0. The number of thiophene rings is 1. The van der Waals surface area contributed by atoms with Crippen molar-refractivity contribution >= 4 is 39.4 Å². The van der Waals surface area contributed by atoms with Gasteiger partial charge in [0.2, 0.25) is 0 Å².